The van der Waals surface area contributed by atoms with Crippen LogP contribution in [0.3, 0.4) is 0 Å². The highest BCUT2D eigenvalue weighted by Crippen LogP contribution is 2.61. The first kappa shape index (κ1) is 17.8. The van der Waals surface area contributed by atoms with Crippen LogP contribution in [0, 0.1) is 11.8 Å². The van der Waals surface area contributed by atoms with Crippen molar-refractivity contribution in [1.82, 2.24) is 4.90 Å². The molecule has 3 atom stereocenters. The molecule has 0 bridgehead atoms. The fraction of sp³-hybridized carbons (Fsp3) is 0.933. The number of amides is 1. The van der Waals surface area contributed by atoms with E-state index in [9.17, 15) is 9.36 Å². The molecule has 7 heteroatoms. The van der Waals surface area contributed by atoms with Gasteiger partial charge in [-0.1, -0.05) is 12.8 Å². The molecule has 0 unspecified atom stereocenters. The van der Waals surface area contributed by atoms with Crippen molar-refractivity contribution >= 4 is 13.7 Å². The molecule has 0 N–H and O–H groups in total. The van der Waals surface area contributed by atoms with Crippen LogP contribution >= 0.6 is 7.60 Å². The Morgan fingerprint density at radius 2 is 1.73 bits per heavy atom. The molecule has 0 spiro atoms. The quantitative estimate of drug-likeness (QED) is 0.734. The monoisotopic (exact) mass is 333 g/mol. The SMILES string of the molecule is COP(=O)(OC)[C@@H]1[C@H]2CCCC[C@H]2CN1C(=O)OC(C)(C)C. The van der Waals surface area contributed by atoms with E-state index in [1.54, 1.807) is 4.90 Å². The summed E-state index contributed by atoms with van der Waals surface area (Å²) in [5, 5.41) is 0. The lowest BCUT2D eigenvalue weighted by Crippen LogP contribution is -2.41. The molecule has 0 aromatic rings. The first-order chi connectivity index (χ1) is 10.2. The number of hydrogen-bond donors (Lipinski definition) is 0. The molecule has 1 heterocycles. The summed E-state index contributed by atoms with van der Waals surface area (Å²) in [5.74, 6) is -0.0282. The van der Waals surface area contributed by atoms with Gasteiger partial charge in [0.1, 0.15) is 11.4 Å². The van der Waals surface area contributed by atoms with Crippen molar-refractivity contribution in [2.24, 2.45) is 11.8 Å². The van der Waals surface area contributed by atoms with E-state index >= 15 is 0 Å². The number of fused-ring (bicyclic) bond motifs is 1. The summed E-state index contributed by atoms with van der Waals surface area (Å²) in [5.41, 5.74) is -0.584. The average molecular weight is 333 g/mol. The number of carbonyl (C=O) groups excluding carboxylic acids is 1. The summed E-state index contributed by atoms with van der Waals surface area (Å²) in [6, 6.07) is 0. The third-order valence-corrected chi connectivity index (χ3v) is 6.89. The van der Waals surface area contributed by atoms with Crippen molar-refractivity contribution < 1.29 is 23.1 Å². The number of hydrogen-bond acceptors (Lipinski definition) is 5. The van der Waals surface area contributed by atoms with E-state index in [1.807, 2.05) is 20.8 Å². The van der Waals surface area contributed by atoms with E-state index in [0.29, 0.717) is 12.5 Å². The van der Waals surface area contributed by atoms with Crippen LogP contribution in [0.2, 0.25) is 0 Å². The summed E-state index contributed by atoms with van der Waals surface area (Å²) in [6.07, 6.45) is 3.81. The van der Waals surface area contributed by atoms with Crippen LogP contribution in [0.4, 0.5) is 4.79 Å². The lowest BCUT2D eigenvalue weighted by atomic mass is 9.82. The molecule has 22 heavy (non-hydrogen) atoms. The molecule has 1 aliphatic heterocycles. The molecule has 2 rings (SSSR count). The largest absolute Gasteiger partial charge is 0.444 e. The molecule has 1 saturated heterocycles. The zero-order chi connectivity index (χ0) is 16.5. The van der Waals surface area contributed by atoms with Crippen LogP contribution in [-0.4, -0.2) is 43.1 Å². The van der Waals surface area contributed by atoms with Gasteiger partial charge >= 0.3 is 13.7 Å². The molecule has 1 aliphatic carbocycles. The van der Waals surface area contributed by atoms with E-state index in [1.165, 1.54) is 14.2 Å². The van der Waals surface area contributed by atoms with Crippen molar-refractivity contribution in [2.45, 2.75) is 57.8 Å². The highest BCUT2D eigenvalue weighted by atomic mass is 31.2. The fourth-order valence-corrected chi connectivity index (χ4v) is 5.62. The van der Waals surface area contributed by atoms with Gasteiger partial charge in [-0.2, -0.15) is 0 Å². The van der Waals surface area contributed by atoms with Crippen LogP contribution in [-0.2, 0) is 18.3 Å². The van der Waals surface area contributed by atoms with Crippen LogP contribution < -0.4 is 0 Å². The van der Waals surface area contributed by atoms with Gasteiger partial charge in [-0.15, -0.1) is 0 Å². The van der Waals surface area contributed by atoms with Crippen molar-refractivity contribution in [3.8, 4) is 0 Å². The zero-order valence-corrected chi connectivity index (χ0v) is 15.1. The number of ether oxygens (including phenoxy) is 1. The minimum atomic E-state index is -3.37. The van der Waals surface area contributed by atoms with Gasteiger partial charge in [-0.05, 0) is 45.4 Å². The average Bonchev–Trinajstić information content (AvgIpc) is 2.85. The number of nitrogens with zero attached hydrogens (tertiary/aromatic N) is 1. The summed E-state index contributed by atoms with van der Waals surface area (Å²) in [6.45, 7) is 6.06. The molecular formula is C15H28NO5P. The molecule has 0 radical (unpaired) electrons. The Balaban J connectivity index is 2.29. The van der Waals surface area contributed by atoms with Crippen LogP contribution in [0.25, 0.3) is 0 Å². The molecule has 2 fully saturated rings. The summed E-state index contributed by atoms with van der Waals surface area (Å²) >= 11 is 0. The van der Waals surface area contributed by atoms with Gasteiger partial charge in [0.05, 0.1) is 0 Å². The molecule has 6 nitrogen and oxygen atoms in total. The highest BCUT2D eigenvalue weighted by molar-refractivity contribution is 7.54. The Bertz CT molecular complexity index is 453. The molecule has 0 aromatic heterocycles. The van der Waals surface area contributed by atoms with Gasteiger partial charge in [-0.3, -0.25) is 9.46 Å². The maximum Gasteiger partial charge on any atom is 0.411 e. The van der Waals surface area contributed by atoms with Crippen LogP contribution in [0.5, 0.6) is 0 Å². The third kappa shape index (κ3) is 3.50. The van der Waals surface area contributed by atoms with Gasteiger partial charge in [0.2, 0.25) is 0 Å². The van der Waals surface area contributed by atoms with E-state index < -0.39 is 25.1 Å². The Morgan fingerprint density at radius 3 is 2.27 bits per heavy atom. The zero-order valence-electron chi connectivity index (χ0n) is 14.2. The Hall–Kier alpha value is -0.580. The number of rotatable bonds is 3. The topological polar surface area (TPSA) is 65.1 Å². The minimum Gasteiger partial charge on any atom is -0.444 e. The predicted molar refractivity (Wildman–Crippen MR) is 83.8 cm³/mol. The smallest absolute Gasteiger partial charge is 0.411 e. The molecule has 0 aromatic carbocycles. The normalized spacial score (nSPS) is 29.3. The maximum atomic E-state index is 13.0. The first-order valence-corrected chi connectivity index (χ1v) is 9.54. The minimum absolute atomic E-state index is 0.159. The van der Waals surface area contributed by atoms with Gasteiger partial charge in [0, 0.05) is 20.8 Å². The van der Waals surface area contributed by atoms with Gasteiger partial charge in [0.15, 0.2) is 0 Å². The second-order valence-corrected chi connectivity index (χ2v) is 9.50. The molecule has 1 saturated carbocycles. The lowest BCUT2D eigenvalue weighted by molar-refractivity contribution is 0.0237. The van der Waals surface area contributed by atoms with Crippen molar-refractivity contribution in [2.75, 3.05) is 20.8 Å². The fourth-order valence-electron chi connectivity index (χ4n) is 3.65. The standard InChI is InChI=1S/C15H28NO5P/c1-15(2,3)21-14(17)16-10-11-8-6-7-9-12(11)13(16)22(18,19-4)20-5/h11-13H,6-10H2,1-5H3/t11-,12-,13+/m0/s1. The first-order valence-electron chi connectivity index (χ1n) is 7.92. The predicted octanol–water partition coefficient (Wildman–Crippen LogP) is 3.86. The van der Waals surface area contributed by atoms with Crippen LogP contribution in [0.15, 0.2) is 0 Å². The van der Waals surface area contributed by atoms with E-state index in [2.05, 4.69) is 0 Å². The Morgan fingerprint density at radius 1 is 1.14 bits per heavy atom. The van der Waals surface area contributed by atoms with Crippen molar-refractivity contribution in [1.29, 1.82) is 0 Å². The molecule has 2 aliphatic rings. The summed E-state index contributed by atoms with van der Waals surface area (Å²) < 4.78 is 28.9. The number of carbonyl (C=O) groups is 1. The van der Waals surface area contributed by atoms with Gasteiger partial charge < -0.3 is 13.8 Å². The Labute approximate surface area is 133 Å². The van der Waals surface area contributed by atoms with Crippen LogP contribution in [0.1, 0.15) is 46.5 Å². The molecule has 128 valence electrons. The summed E-state index contributed by atoms with van der Waals surface area (Å²) in [7, 11) is -0.603. The van der Waals surface area contributed by atoms with Gasteiger partial charge in [0.25, 0.3) is 0 Å². The third-order valence-electron chi connectivity index (χ3n) is 4.56. The van der Waals surface area contributed by atoms with Gasteiger partial charge in [-0.25, -0.2) is 4.79 Å². The Kier molecular flexibility index (Phi) is 5.25. The van der Waals surface area contributed by atoms with E-state index in [4.69, 9.17) is 13.8 Å². The lowest BCUT2D eigenvalue weighted by Gasteiger charge is -2.34. The molecule has 1 amide bonds. The highest BCUT2D eigenvalue weighted by Gasteiger charge is 2.55. The second kappa shape index (κ2) is 6.50. The summed E-state index contributed by atoms with van der Waals surface area (Å²) in [4.78, 5) is 14.1. The van der Waals surface area contributed by atoms with Crippen molar-refractivity contribution in [3.05, 3.63) is 0 Å². The van der Waals surface area contributed by atoms with E-state index in [-0.39, 0.29) is 5.92 Å². The number of likely N-dealkylation sites (tertiary alicyclic amines) is 1. The van der Waals surface area contributed by atoms with E-state index in [0.717, 1.165) is 25.7 Å². The molecular weight excluding hydrogens is 305 g/mol. The van der Waals surface area contributed by atoms with Crippen molar-refractivity contribution in [3.63, 3.8) is 0 Å². The second-order valence-electron chi connectivity index (χ2n) is 7.16. The maximum absolute atomic E-state index is 13.0.